The molecule has 0 amide bonds. The van der Waals surface area contributed by atoms with Gasteiger partial charge in [-0.1, -0.05) is 37.3 Å². The zero-order valence-electron chi connectivity index (χ0n) is 11.8. The van der Waals surface area contributed by atoms with E-state index in [0.717, 1.165) is 11.0 Å². The van der Waals surface area contributed by atoms with Gasteiger partial charge in [-0.25, -0.2) is 4.98 Å². The Morgan fingerprint density at radius 2 is 1.86 bits per heavy atom. The van der Waals surface area contributed by atoms with E-state index in [4.69, 9.17) is 4.74 Å². The molecule has 2 aromatic carbocycles. The van der Waals surface area contributed by atoms with E-state index in [1.54, 1.807) is 10.9 Å². The second-order valence-electron chi connectivity index (χ2n) is 4.77. The van der Waals surface area contributed by atoms with Crippen LogP contribution in [0.4, 0.5) is 0 Å². The van der Waals surface area contributed by atoms with Gasteiger partial charge in [-0.15, -0.1) is 0 Å². The monoisotopic (exact) mass is 280 g/mol. The van der Waals surface area contributed by atoms with Crippen LogP contribution in [0, 0.1) is 0 Å². The highest BCUT2D eigenvalue weighted by Crippen LogP contribution is 2.17. The third-order valence-electron chi connectivity index (χ3n) is 3.36. The molecule has 3 rings (SSSR count). The summed E-state index contributed by atoms with van der Waals surface area (Å²) in [6, 6.07) is 17.0. The minimum Gasteiger partial charge on any atom is -0.481 e. The Bertz CT molecular complexity index is 750. The minimum absolute atomic E-state index is 0.102. The number of benzene rings is 2. The number of hydrogen-bond acceptors (Lipinski definition) is 3. The summed E-state index contributed by atoms with van der Waals surface area (Å²) in [6.07, 6.45) is 1.63. The van der Waals surface area contributed by atoms with Gasteiger partial charge in [0.25, 0.3) is 5.91 Å². The van der Waals surface area contributed by atoms with Crippen LogP contribution >= 0.6 is 0 Å². The van der Waals surface area contributed by atoms with Crippen molar-refractivity contribution in [3.63, 3.8) is 0 Å². The zero-order valence-corrected chi connectivity index (χ0v) is 11.8. The van der Waals surface area contributed by atoms with Crippen LogP contribution in [0.5, 0.6) is 5.75 Å². The van der Waals surface area contributed by atoms with Gasteiger partial charge in [0.05, 0.1) is 11.0 Å². The van der Waals surface area contributed by atoms with Crippen LogP contribution in [0.2, 0.25) is 0 Å². The molecular formula is C17H16N2O2. The number of rotatable bonds is 4. The molecule has 3 aromatic rings. The van der Waals surface area contributed by atoms with Gasteiger partial charge in [-0.3, -0.25) is 9.36 Å². The molecule has 0 aliphatic heterocycles. The fourth-order valence-corrected chi connectivity index (χ4v) is 2.26. The molecule has 0 aliphatic rings. The largest absolute Gasteiger partial charge is 0.481 e. The molecule has 0 saturated carbocycles. The minimum atomic E-state index is -0.523. The van der Waals surface area contributed by atoms with E-state index in [2.05, 4.69) is 4.98 Å². The first-order chi connectivity index (χ1) is 10.3. The number of aromatic nitrogens is 2. The van der Waals surface area contributed by atoms with Crippen molar-refractivity contribution in [1.82, 2.24) is 9.55 Å². The van der Waals surface area contributed by atoms with Crippen molar-refractivity contribution in [3.8, 4) is 5.75 Å². The molecule has 0 saturated heterocycles. The first kappa shape index (κ1) is 13.4. The van der Waals surface area contributed by atoms with E-state index >= 15 is 0 Å². The molecule has 0 bridgehead atoms. The predicted octanol–water partition coefficient (Wildman–Crippen LogP) is 3.53. The second kappa shape index (κ2) is 5.79. The summed E-state index contributed by atoms with van der Waals surface area (Å²) >= 11 is 0. The molecule has 4 nitrogen and oxygen atoms in total. The van der Waals surface area contributed by atoms with E-state index in [1.165, 1.54) is 0 Å². The average molecular weight is 280 g/mol. The summed E-state index contributed by atoms with van der Waals surface area (Å²) in [5.41, 5.74) is 1.61. The van der Waals surface area contributed by atoms with Crippen LogP contribution in [-0.4, -0.2) is 21.6 Å². The molecule has 0 aliphatic carbocycles. The summed E-state index contributed by atoms with van der Waals surface area (Å²) in [6.45, 7) is 1.94. The Labute approximate surface area is 123 Å². The molecule has 1 atom stereocenters. The standard InChI is InChI=1S/C17H16N2O2/c1-2-16(21-13-8-4-3-5-9-13)17(20)19-12-18-14-10-6-7-11-15(14)19/h3-12,16H,2H2,1H3. The van der Waals surface area contributed by atoms with Crippen LogP contribution in [0.25, 0.3) is 11.0 Å². The van der Waals surface area contributed by atoms with Crippen molar-refractivity contribution >= 4 is 16.9 Å². The molecule has 1 aromatic heterocycles. The van der Waals surface area contributed by atoms with Crippen molar-refractivity contribution in [2.45, 2.75) is 19.4 Å². The molecule has 106 valence electrons. The maximum absolute atomic E-state index is 12.7. The Kier molecular flexibility index (Phi) is 3.69. The number of carbonyl (C=O) groups excluding carboxylic acids is 1. The Hall–Kier alpha value is -2.62. The summed E-state index contributed by atoms with van der Waals surface area (Å²) in [7, 11) is 0. The van der Waals surface area contributed by atoms with Gasteiger partial charge in [0, 0.05) is 0 Å². The number of ether oxygens (including phenoxy) is 1. The first-order valence-corrected chi connectivity index (χ1v) is 6.97. The van der Waals surface area contributed by atoms with Gasteiger partial charge in [-0.2, -0.15) is 0 Å². The molecule has 0 fully saturated rings. The molecular weight excluding hydrogens is 264 g/mol. The van der Waals surface area contributed by atoms with E-state index in [1.807, 2.05) is 61.5 Å². The fourth-order valence-electron chi connectivity index (χ4n) is 2.26. The lowest BCUT2D eigenvalue weighted by Crippen LogP contribution is -2.31. The highest BCUT2D eigenvalue weighted by Gasteiger charge is 2.21. The quantitative estimate of drug-likeness (QED) is 0.734. The maximum Gasteiger partial charge on any atom is 0.273 e. The zero-order chi connectivity index (χ0) is 14.7. The van der Waals surface area contributed by atoms with Crippen molar-refractivity contribution < 1.29 is 9.53 Å². The smallest absolute Gasteiger partial charge is 0.273 e. The van der Waals surface area contributed by atoms with E-state index in [-0.39, 0.29) is 5.91 Å². The summed E-state index contributed by atoms with van der Waals surface area (Å²) < 4.78 is 7.36. The Morgan fingerprint density at radius 3 is 2.62 bits per heavy atom. The molecule has 0 radical (unpaired) electrons. The molecule has 1 unspecified atom stereocenters. The van der Waals surface area contributed by atoms with Crippen LogP contribution in [0.3, 0.4) is 0 Å². The van der Waals surface area contributed by atoms with Crippen LogP contribution in [0.15, 0.2) is 60.9 Å². The topological polar surface area (TPSA) is 44.1 Å². The third-order valence-corrected chi connectivity index (χ3v) is 3.36. The lowest BCUT2D eigenvalue weighted by atomic mass is 10.2. The van der Waals surface area contributed by atoms with E-state index in [0.29, 0.717) is 12.2 Å². The lowest BCUT2D eigenvalue weighted by molar-refractivity contribution is 0.0700. The van der Waals surface area contributed by atoms with Crippen LogP contribution < -0.4 is 4.74 Å². The van der Waals surface area contributed by atoms with Crippen molar-refractivity contribution in [3.05, 3.63) is 60.9 Å². The fraction of sp³-hybridized carbons (Fsp3) is 0.176. The highest BCUT2D eigenvalue weighted by molar-refractivity contribution is 5.92. The van der Waals surface area contributed by atoms with Gasteiger partial charge in [0.15, 0.2) is 6.10 Å². The van der Waals surface area contributed by atoms with E-state index < -0.39 is 6.10 Å². The van der Waals surface area contributed by atoms with Crippen LogP contribution in [-0.2, 0) is 0 Å². The van der Waals surface area contributed by atoms with Gasteiger partial charge >= 0.3 is 0 Å². The Morgan fingerprint density at radius 1 is 1.14 bits per heavy atom. The lowest BCUT2D eigenvalue weighted by Gasteiger charge is -2.16. The summed E-state index contributed by atoms with van der Waals surface area (Å²) in [5, 5.41) is 0. The van der Waals surface area contributed by atoms with Gasteiger partial charge in [-0.05, 0) is 30.7 Å². The average Bonchev–Trinajstić information content (AvgIpc) is 2.97. The van der Waals surface area contributed by atoms with Crippen molar-refractivity contribution in [2.75, 3.05) is 0 Å². The van der Waals surface area contributed by atoms with Crippen molar-refractivity contribution in [1.29, 1.82) is 0 Å². The predicted molar refractivity (Wildman–Crippen MR) is 81.5 cm³/mol. The maximum atomic E-state index is 12.7. The van der Waals surface area contributed by atoms with Crippen molar-refractivity contribution in [2.24, 2.45) is 0 Å². The molecule has 4 heteroatoms. The summed E-state index contributed by atoms with van der Waals surface area (Å²) in [5.74, 6) is 0.595. The van der Waals surface area contributed by atoms with Crippen LogP contribution in [0.1, 0.15) is 18.1 Å². The number of imidazole rings is 1. The Balaban J connectivity index is 1.88. The highest BCUT2D eigenvalue weighted by atomic mass is 16.5. The molecule has 0 N–H and O–H groups in total. The molecule has 21 heavy (non-hydrogen) atoms. The summed E-state index contributed by atoms with van der Waals surface area (Å²) in [4.78, 5) is 16.9. The van der Waals surface area contributed by atoms with Gasteiger partial charge in [0.2, 0.25) is 0 Å². The third kappa shape index (κ3) is 2.65. The first-order valence-electron chi connectivity index (χ1n) is 6.97. The number of carbonyl (C=O) groups is 1. The SMILES string of the molecule is CCC(Oc1ccccc1)C(=O)n1cnc2ccccc21. The molecule has 1 heterocycles. The molecule has 0 spiro atoms. The second-order valence-corrected chi connectivity index (χ2v) is 4.77. The normalized spacial score (nSPS) is 12.2. The number of para-hydroxylation sites is 3. The van der Waals surface area contributed by atoms with Gasteiger partial charge in [0.1, 0.15) is 12.1 Å². The van der Waals surface area contributed by atoms with E-state index in [9.17, 15) is 4.79 Å². The number of nitrogens with zero attached hydrogens (tertiary/aromatic N) is 2. The number of hydrogen-bond donors (Lipinski definition) is 0. The number of fused-ring (bicyclic) bond motifs is 1. The van der Waals surface area contributed by atoms with Gasteiger partial charge < -0.3 is 4.74 Å².